The Morgan fingerprint density at radius 2 is 2.00 bits per heavy atom. The second kappa shape index (κ2) is 5.91. The third kappa shape index (κ3) is 3.36. The van der Waals surface area contributed by atoms with Gasteiger partial charge in [-0.2, -0.15) is 0 Å². The SMILES string of the molecule is CC(C(=O)N1CCCC1)S(=O)(=O)Cc1cccc(F)c1. The molecule has 0 aromatic heterocycles. The number of nitrogens with zero attached hydrogens (tertiary/aromatic N) is 1. The first-order chi connectivity index (χ1) is 9.40. The zero-order valence-electron chi connectivity index (χ0n) is 11.4. The second-order valence-electron chi connectivity index (χ2n) is 5.11. The molecule has 0 spiro atoms. The molecular formula is C14H18FNO3S. The van der Waals surface area contributed by atoms with Crippen LogP contribution in [0.25, 0.3) is 0 Å². The molecule has 1 heterocycles. The Kier molecular flexibility index (Phi) is 4.42. The number of carbonyl (C=O) groups is 1. The number of carbonyl (C=O) groups excluding carboxylic acids is 1. The quantitative estimate of drug-likeness (QED) is 0.851. The lowest BCUT2D eigenvalue weighted by Crippen LogP contribution is -2.40. The van der Waals surface area contributed by atoms with E-state index >= 15 is 0 Å². The molecule has 0 bridgehead atoms. The average Bonchev–Trinajstić information content (AvgIpc) is 2.90. The Balaban J connectivity index is 2.11. The number of hydrogen-bond acceptors (Lipinski definition) is 3. The largest absolute Gasteiger partial charge is 0.342 e. The van der Waals surface area contributed by atoms with Gasteiger partial charge in [-0.25, -0.2) is 12.8 Å². The van der Waals surface area contributed by atoms with Gasteiger partial charge in [-0.05, 0) is 37.5 Å². The average molecular weight is 299 g/mol. The van der Waals surface area contributed by atoms with Crippen LogP contribution in [0.15, 0.2) is 24.3 Å². The number of amides is 1. The number of rotatable bonds is 4. The van der Waals surface area contributed by atoms with E-state index in [1.54, 1.807) is 11.0 Å². The highest BCUT2D eigenvalue weighted by atomic mass is 32.2. The van der Waals surface area contributed by atoms with Crippen molar-refractivity contribution in [1.29, 1.82) is 0 Å². The second-order valence-corrected chi connectivity index (χ2v) is 7.43. The van der Waals surface area contributed by atoms with E-state index in [0.717, 1.165) is 12.8 Å². The highest BCUT2D eigenvalue weighted by Gasteiger charge is 2.32. The van der Waals surface area contributed by atoms with Crippen LogP contribution in [0.1, 0.15) is 25.3 Å². The van der Waals surface area contributed by atoms with Gasteiger partial charge in [0.05, 0.1) is 5.75 Å². The Morgan fingerprint density at radius 1 is 1.35 bits per heavy atom. The minimum absolute atomic E-state index is 0.314. The molecule has 1 fully saturated rings. The van der Waals surface area contributed by atoms with Crippen molar-refractivity contribution >= 4 is 15.7 Å². The van der Waals surface area contributed by atoms with Gasteiger partial charge in [0.25, 0.3) is 0 Å². The molecule has 1 saturated heterocycles. The summed E-state index contributed by atoms with van der Waals surface area (Å²) in [6, 6.07) is 5.46. The maximum Gasteiger partial charge on any atom is 0.240 e. The van der Waals surface area contributed by atoms with Crippen molar-refractivity contribution in [3.8, 4) is 0 Å². The topological polar surface area (TPSA) is 54.5 Å². The zero-order valence-corrected chi connectivity index (χ0v) is 12.2. The summed E-state index contributed by atoms with van der Waals surface area (Å²) in [6.07, 6.45) is 1.84. The zero-order chi connectivity index (χ0) is 14.8. The lowest BCUT2D eigenvalue weighted by Gasteiger charge is -2.20. The first-order valence-corrected chi connectivity index (χ1v) is 8.36. The number of halogens is 1. The third-order valence-electron chi connectivity index (χ3n) is 3.56. The monoisotopic (exact) mass is 299 g/mol. The maximum atomic E-state index is 13.1. The Morgan fingerprint density at radius 3 is 2.60 bits per heavy atom. The Labute approximate surface area is 118 Å². The minimum Gasteiger partial charge on any atom is -0.342 e. The smallest absolute Gasteiger partial charge is 0.240 e. The van der Waals surface area contributed by atoms with Crippen LogP contribution in [0.3, 0.4) is 0 Å². The lowest BCUT2D eigenvalue weighted by atomic mass is 10.2. The molecular weight excluding hydrogens is 281 g/mol. The molecule has 1 unspecified atom stereocenters. The lowest BCUT2D eigenvalue weighted by molar-refractivity contribution is -0.129. The molecule has 1 aromatic carbocycles. The van der Waals surface area contributed by atoms with E-state index in [2.05, 4.69) is 0 Å². The normalized spacial score (nSPS) is 17.2. The first kappa shape index (κ1) is 15.0. The van der Waals surface area contributed by atoms with Gasteiger partial charge in [0, 0.05) is 13.1 Å². The molecule has 0 radical (unpaired) electrons. The Bertz CT molecular complexity index is 594. The fourth-order valence-electron chi connectivity index (χ4n) is 2.33. The number of benzene rings is 1. The van der Waals surface area contributed by atoms with Crippen LogP contribution in [0.5, 0.6) is 0 Å². The molecule has 2 rings (SSSR count). The summed E-state index contributed by atoms with van der Waals surface area (Å²) in [6.45, 7) is 2.66. The standard InChI is InChI=1S/C14H18FNO3S/c1-11(14(17)16-7-2-3-8-16)20(18,19)10-12-5-4-6-13(15)9-12/h4-6,9,11H,2-3,7-8,10H2,1H3. The Hall–Kier alpha value is -1.43. The summed E-state index contributed by atoms with van der Waals surface area (Å²) in [5.41, 5.74) is 0.367. The van der Waals surface area contributed by atoms with Crippen LogP contribution in [0, 0.1) is 5.82 Å². The van der Waals surface area contributed by atoms with Crippen LogP contribution in [0.4, 0.5) is 4.39 Å². The molecule has 0 N–H and O–H groups in total. The van der Waals surface area contributed by atoms with E-state index in [9.17, 15) is 17.6 Å². The summed E-state index contributed by atoms with van der Waals surface area (Å²) in [5.74, 6) is -1.14. The van der Waals surface area contributed by atoms with Gasteiger partial charge in [0.15, 0.2) is 9.84 Å². The van der Waals surface area contributed by atoms with Crippen LogP contribution in [-0.4, -0.2) is 37.6 Å². The molecule has 20 heavy (non-hydrogen) atoms. The summed E-state index contributed by atoms with van der Waals surface area (Å²) in [4.78, 5) is 13.7. The van der Waals surface area contributed by atoms with Gasteiger partial charge in [-0.3, -0.25) is 4.79 Å². The van der Waals surface area contributed by atoms with Gasteiger partial charge in [-0.1, -0.05) is 12.1 Å². The van der Waals surface area contributed by atoms with E-state index in [-0.39, 0.29) is 11.7 Å². The summed E-state index contributed by atoms with van der Waals surface area (Å²) in [5, 5.41) is -1.08. The van der Waals surface area contributed by atoms with Crippen LogP contribution >= 0.6 is 0 Å². The van der Waals surface area contributed by atoms with Crippen LogP contribution in [0.2, 0.25) is 0 Å². The van der Waals surface area contributed by atoms with Crippen molar-refractivity contribution in [2.24, 2.45) is 0 Å². The predicted octanol–water partition coefficient (Wildman–Crippen LogP) is 1.75. The number of hydrogen-bond donors (Lipinski definition) is 0. The molecule has 0 saturated carbocycles. The molecule has 0 aliphatic carbocycles. The molecule has 6 heteroatoms. The van der Waals surface area contributed by atoms with Crippen molar-refractivity contribution in [3.63, 3.8) is 0 Å². The first-order valence-electron chi connectivity index (χ1n) is 6.65. The summed E-state index contributed by atoms with van der Waals surface area (Å²) in [7, 11) is -3.62. The summed E-state index contributed by atoms with van der Waals surface area (Å²) >= 11 is 0. The van der Waals surface area contributed by atoms with Gasteiger partial charge in [0.1, 0.15) is 11.1 Å². The van der Waals surface area contributed by atoms with Crippen molar-refractivity contribution < 1.29 is 17.6 Å². The molecule has 1 amide bonds. The van der Waals surface area contributed by atoms with Gasteiger partial charge >= 0.3 is 0 Å². The third-order valence-corrected chi connectivity index (χ3v) is 5.58. The van der Waals surface area contributed by atoms with E-state index in [1.165, 1.54) is 25.1 Å². The van der Waals surface area contributed by atoms with Gasteiger partial charge in [0.2, 0.25) is 5.91 Å². The van der Waals surface area contributed by atoms with Crippen LogP contribution < -0.4 is 0 Å². The molecule has 1 aliphatic heterocycles. The van der Waals surface area contributed by atoms with Crippen molar-refractivity contribution in [3.05, 3.63) is 35.6 Å². The van der Waals surface area contributed by atoms with Crippen molar-refractivity contribution in [2.45, 2.75) is 30.8 Å². The maximum absolute atomic E-state index is 13.1. The fourth-order valence-corrected chi connectivity index (χ4v) is 3.68. The molecule has 110 valence electrons. The van der Waals surface area contributed by atoms with Crippen LogP contribution in [-0.2, 0) is 20.4 Å². The highest BCUT2D eigenvalue weighted by Crippen LogP contribution is 2.17. The van der Waals surface area contributed by atoms with E-state index in [0.29, 0.717) is 18.7 Å². The summed E-state index contributed by atoms with van der Waals surface area (Å²) < 4.78 is 37.6. The minimum atomic E-state index is -3.62. The fraction of sp³-hybridized carbons (Fsp3) is 0.500. The van der Waals surface area contributed by atoms with Crippen molar-refractivity contribution in [2.75, 3.05) is 13.1 Å². The number of likely N-dealkylation sites (tertiary alicyclic amines) is 1. The molecule has 1 aromatic rings. The molecule has 4 nitrogen and oxygen atoms in total. The molecule has 1 aliphatic rings. The van der Waals surface area contributed by atoms with E-state index in [1.807, 2.05) is 0 Å². The predicted molar refractivity (Wildman–Crippen MR) is 74.3 cm³/mol. The van der Waals surface area contributed by atoms with Gasteiger partial charge in [-0.15, -0.1) is 0 Å². The van der Waals surface area contributed by atoms with Gasteiger partial charge < -0.3 is 4.90 Å². The highest BCUT2D eigenvalue weighted by molar-refractivity contribution is 7.92. The van der Waals surface area contributed by atoms with E-state index < -0.39 is 20.9 Å². The number of sulfone groups is 1. The molecule has 1 atom stereocenters. The van der Waals surface area contributed by atoms with E-state index in [4.69, 9.17) is 0 Å². The van der Waals surface area contributed by atoms with Crippen molar-refractivity contribution in [1.82, 2.24) is 4.90 Å².